The van der Waals surface area contributed by atoms with Gasteiger partial charge in [0.1, 0.15) is 0 Å². The number of hydrogen-bond acceptors (Lipinski definition) is 1. The van der Waals surface area contributed by atoms with Crippen molar-refractivity contribution in [3.63, 3.8) is 0 Å². The van der Waals surface area contributed by atoms with Gasteiger partial charge in [-0.3, -0.25) is 4.99 Å². The molecule has 0 aliphatic heterocycles. The Morgan fingerprint density at radius 1 is 1.45 bits per heavy atom. The summed E-state index contributed by atoms with van der Waals surface area (Å²) < 4.78 is 0. The average molecular weight is 151 g/mol. The molecule has 1 heteroatoms. The van der Waals surface area contributed by atoms with Gasteiger partial charge in [-0.1, -0.05) is 26.5 Å². The van der Waals surface area contributed by atoms with E-state index in [0.717, 1.165) is 11.3 Å². The molecule has 1 nitrogen and oxygen atoms in total. The van der Waals surface area contributed by atoms with E-state index in [-0.39, 0.29) is 0 Å². The van der Waals surface area contributed by atoms with Crippen LogP contribution in [0.25, 0.3) is 0 Å². The molecule has 0 heterocycles. The molecule has 0 aliphatic rings. The predicted octanol–water partition coefficient (Wildman–Crippen LogP) is 3.19. The molecule has 11 heavy (non-hydrogen) atoms. The Hall–Kier alpha value is -0.850. The molecule has 0 radical (unpaired) electrons. The lowest BCUT2D eigenvalue weighted by molar-refractivity contribution is 0.805. The van der Waals surface area contributed by atoms with Gasteiger partial charge in [-0.25, -0.2) is 0 Å². The van der Waals surface area contributed by atoms with Gasteiger partial charge >= 0.3 is 0 Å². The zero-order valence-electron chi connectivity index (χ0n) is 7.89. The van der Waals surface area contributed by atoms with Gasteiger partial charge in [0, 0.05) is 11.9 Å². The average Bonchev–Trinajstić information content (AvgIpc) is 1.98. The van der Waals surface area contributed by atoms with Crippen molar-refractivity contribution < 1.29 is 0 Å². The molecule has 0 aromatic rings. The van der Waals surface area contributed by atoms with Crippen LogP contribution < -0.4 is 0 Å². The minimum absolute atomic E-state index is 0.490. The smallest absolute Gasteiger partial charge is 0.0401 e. The Morgan fingerprint density at radius 2 is 2.00 bits per heavy atom. The standard InChI is InChI=1S/C10H17N/c1-6-7-11-10(5)9(4)8(2)3/h6-8H,4H2,1-3,5H3/b7-6-,11-10-. The Bertz CT molecular complexity index is 185. The van der Waals surface area contributed by atoms with Gasteiger partial charge in [0.05, 0.1) is 0 Å². The molecule has 62 valence electrons. The van der Waals surface area contributed by atoms with Crippen molar-refractivity contribution in [1.29, 1.82) is 0 Å². The summed E-state index contributed by atoms with van der Waals surface area (Å²) in [7, 11) is 0. The summed E-state index contributed by atoms with van der Waals surface area (Å²) in [6, 6.07) is 0. The molecule has 0 amide bonds. The first-order valence-corrected chi connectivity index (χ1v) is 3.94. The number of allylic oxidation sites excluding steroid dienone is 2. The van der Waals surface area contributed by atoms with Gasteiger partial charge in [-0.2, -0.15) is 0 Å². The summed E-state index contributed by atoms with van der Waals surface area (Å²) in [6.45, 7) is 12.1. The van der Waals surface area contributed by atoms with Crippen molar-refractivity contribution in [2.45, 2.75) is 27.7 Å². The van der Waals surface area contributed by atoms with Crippen LogP contribution in [0.3, 0.4) is 0 Å². The van der Waals surface area contributed by atoms with E-state index in [1.807, 2.05) is 19.9 Å². The third kappa shape index (κ3) is 3.76. The van der Waals surface area contributed by atoms with Crippen molar-refractivity contribution in [2.24, 2.45) is 10.9 Å². The van der Waals surface area contributed by atoms with Crippen molar-refractivity contribution in [2.75, 3.05) is 0 Å². The number of aliphatic imine (C=N–C) groups is 1. The monoisotopic (exact) mass is 151 g/mol. The molecule has 0 aliphatic carbocycles. The lowest BCUT2D eigenvalue weighted by atomic mass is 10.0. The van der Waals surface area contributed by atoms with Gasteiger partial charge in [0.2, 0.25) is 0 Å². The van der Waals surface area contributed by atoms with Crippen molar-refractivity contribution in [1.82, 2.24) is 0 Å². The van der Waals surface area contributed by atoms with Gasteiger partial charge < -0.3 is 0 Å². The third-order valence-electron chi connectivity index (χ3n) is 1.58. The summed E-state index contributed by atoms with van der Waals surface area (Å²) in [4.78, 5) is 4.20. The molecule has 0 fully saturated rings. The minimum atomic E-state index is 0.490. The fourth-order valence-electron chi connectivity index (χ4n) is 0.687. The topological polar surface area (TPSA) is 12.4 Å². The summed E-state index contributed by atoms with van der Waals surface area (Å²) in [6.07, 6.45) is 3.71. The second-order valence-electron chi connectivity index (χ2n) is 2.88. The summed E-state index contributed by atoms with van der Waals surface area (Å²) >= 11 is 0. The molecule has 0 saturated heterocycles. The Kier molecular flexibility index (Phi) is 4.51. The van der Waals surface area contributed by atoms with Crippen LogP contribution in [0.4, 0.5) is 0 Å². The molecule has 0 saturated carbocycles. The molecule has 0 atom stereocenters. The van der Waals surface area contributed by atoms with E-state index in [1.54, 1.807) is 6.20 Å². The van der Waals surface area contributed by atoms with Gasteiger partial charge in [0.25, 0.3) is 0 Å². The lowest BCUT2D eigenvalue weighted by Gasteiger charge is -2.06. The van der Waals surface area contributed by atoms with Crippen LogP contribution in [0.1, 0.15) is 27.7 Å². The second kappa shape index (κ2) is 4.89. The Balaban J connectivity index is 4.24. The summed E-state index contributed by atoms with van der Waals surface area (Å²) in [5.41, 5.74) is 2.14. The quantitative estimate of drug-likeness (QED) is 0.549. The van der Waals surface area contributed by atoms with Gasteiger partial charge in [-0.15, -0.1) is 0 Å². The number of rotatable bonds is 3. The SMILES string of the molecule is C=C(/C(C)=N\C=C/C)C(C)C. The molecule has 0 bridgehead atoms. The second-order valence-corrected chi connectivity index (χ2v) is 2.88. The molecular formula is C10H17N. The highest BCUT2D eigenvalue weighted by Crippen LogP contribution is 2.08. The normalized spacial score (nSPS) is 13.0. The van der Waals surface area contributed by atoms with E-state index in [1.165, 1.54) is 0 Å². The van der Waals surface area contributed by atoms with Crippen molar-refractivity contribution in [3.05, 3.63) is 24.4 Å². The molecule has 0 aromatic heterocycles. The van der Waals surface area contributed by atoms with Gasteiger partial charge in [-0.05, 0) is 25.3 Å². The first-order valence-electron chi connectivity index (χ1n) is 3.94. The van der Waals surface area contributed by atoms with Gasteiger partial charge in [0.15, 0.2) is 0 Å². The molecular weight excluding hydrogens is 134 g/mol. The fourth-order valence-corrected chi connectivity index (χ4v) is 0.687. The first-order chi connectivity index (χ1) is 5.09. The van der Waals surface area contributed by atoms with Crippen LogP contribution in [0.5, 0.6) is 0 Å². The number of nitrogens with zero attached hydrogens (tertiary/aromatic N) is 1. The highest BCUT2D eigenvalue weighted by Gasteiger charge is 2.01. The van der Waals surface area contributed by atoms with E-state index in [0.29, 0.717) is 5.92 Å². The first kappa shape index (κ1) is 10.2. The Morgan fingerprint density at radius 3 is 2.36 bits per heavy atom. The highest BCUT2D eigenvalue weighted by atomic mass is 14.7. The van der Waals surface area contributed by atoms with Crippen molar-refractivity contribution in [3.8, 4) is 0 Å². The Labute approximate surface area is 69.5 Å². The van der Waals surface area contributed by atoms with Crippen LogP contribution >= 0.6 is 0 Å². The summed E-state index contributed by atoms with van der Waals surface area (Å²) in [5, 5.41) is 0. The van der Waals surface area contributed by atoms with E-state index in [4.69, 9.17) is 0 Å². The molecule has 0 aromatic carbocycles. The zero-order valence-corrected chi connectivity index (χ0v) is 7.89. The minimum Gasteiger partial charge on any atom is -0.262 e. The predicted molar refractivity (Wildman–Crippen MR) is 51.9 cm³/mol. The zero-order chi connectivity index (χ0) is 8.85. The largest absolute Gasteiger partial charge is 0.262 e. The van der Waals surface area contributed by atoms with Crippen molar-refractivity contribution >= 4 is 5.71 Å². The lowest BCUT2D eigenvalue weighted by Crippen LogP contribution is -2.02. The molecule has 0 rings (SSSR count). The highest BCUT2D eigenvalue weighted by molar-refractivity contribution is 5.98. The molecule has 0 unspecified atom stereocenters. The van der Waals surface area contributed by atoms with E-state index < -0.39 is 0 Å². The fraction of sp³-hybridized carbons (Fsp3) is 0.500. The van der Waals surface area contributed by atoms with Crippen LogP contribution in [0, 0.1) is 5.92 Å². The maximum absolute atomic E-state index is 4.20. The van der Waals surface area contributed by atoms with E-state index in [9.17, 15) is 0 Å². The van der Waals surface area contributed by atoms with Crippen LogP contribution in [0.2, 0.25) is 0 Å². The van der Waals surface area contributed by atoms with E-state index in [2.05, 4.69) is 25.4 Å². The maximum Gasteiger partial charge on any atom is 0.0401 e. The maximum atomic E-state index is 4.20. The molecule has 0 N–H and O–H groups in total. The van der Waals surface area contributed by atoms with Crippen LogP contribution in [-0.2, 0) is 0 Å². The van der Waals surface area contributed by atoms with Crippen LogP contribution in [-0.4, -0.2) is 5.71 Å². The van der Waals surface area contributed by atoms with E-state index >= 15 is 0 Å². The summed E-state index contributed by atoms with van der Waals surface area (Å²) in [5.74, 6) is 0.490. The third-order valence-corrected chi connectivity index (χ3v) is 1.58. The molecule has 0 spiro atoms. The van der Waals surface area contributed by atoms with Crippen LogP contribution in [0.15, 0.2) is 29.4 Å². The number of hydrogen-bond donors (Lipinski definition) is 0.